The van der Waals surface area contributed by atoms with Gasteiger partial charge in [-0.05, 0) is 39.5 Å². The minimum absolute atomic E-state index is 0.00770. The summed E-state index contributed by atoms with van der Waals surface area (Å²) in [5.74, 6) is -1.03. The molecule has 0 spiro atoms. The number of amides is 2. The summed E-state index contributed by atoms with van der Waals surface area (Å²) >= 11 is 3.29. The standard InChI is InChI=1S/C14H19BrN2O3/c1-14(2,3)8-17(4)13(20)16-11-7-9(12(18)19)5-6-10(11)15/h5-7H,8H2,1-4H3,(H,16,20)(H,18,19). The zero-order valence-electron chi connectivity index (χ0n) is 12.0. The van der Waals surface area contributed by atoms with Gasteiger partial charge in [0.25, 0.3) is 0 Å². The van der Waals surface area contributed by atoms with Crippen molar-refractivity contribution in [1.29, 1.82) is 0 Å². The summed E-state index contributed by atoms with van der Waals surface area (Å²) in [4.78, 5) is 24.6. The van der Waals surface area contributed by atoms with Gasteiger partial charge in [0.1, 0.15) is 0 Å². The van der Waals surface area contributed by atoms with Crippen LogP contribution in [0.15, 0.2) is 22.7 Å². The molecular weight excluding hydrogens is 324 g/mol. The van der Waals surface area contributed by atoms with Gasteiger partial charge in [0.15, 0.2) is 0 Å². The molecular formula is C14H19BrN2O3. The molecule has 0 fully saturated rings. The minimum atomic E-state index is -1.03. The van der Waals surface area contributed by atoms with Crippen LogP contribution in [0.1, 0.15) is 31.1 Å². The van der Waals surface area contributed by atoms with Crippen LogP contribution < -0.4 is 5.32 Å². The van der Waals surface area contributed by atoms with Gasteiger partial charge in [-0.15, -0.1) is 0 Å². The monoisotopic (exact) mass is 342 g/mol. The quantitative estimate of drug-likeness (QED) is 0.880. The molecule has 0 saturated carbocycles. The maximum Gasteiger partial charge on any atom is 0.335 e. The number of aromatic carboxylic acids is 1. The number of halogens is 1. The molecule has 0 aromatic heterocycles. The summed E-state index contributed by atoms with van der Waals surface area (Å²) in [6, 6.07) is 4.22. The number of carboxylic acid groups (broad SMARTS) is 1. The molecule has 6 heteroatoms. The van der Waals surface area contributed by atoms with E-state index in [-0.39, 0.29) is 17.0 Å². The molecule has 110 valence electrons. The third-order valence-corrected chi connectivity index (χ3v) is 3.20. The third kappa shape index (κ3) is 4.85. The van der Waals surface area contributed by atoms with Gasteiger partial charge in [0.05, 0.1) is 11.3 Å². The Hall–Kier alpha value is -1.56. The fourth-order valence-corrected chi connectivity index (χ4v) is 2.09. The van der Waals surface area contributed by atoms with Gasteiger partial charge in [-0.25, -0.2) is 9.59 Å². The molecule has 0 atom stereocenters. The number of carbonyl (C=O) groups is 2. The molecule has 2 amide bonds. The van der Waals surface area contributed by atoms with Crippen molar-refractivity contribution in [2.75, 3.05) is 18.9 Å². The largest absolute Gasteiger partial charge is 0.478 e. The Morgan fingerprint density at radius 3 is 2.45 bits per heavy atom. The van der Waals surface area contributed by atoms with Crippen molar-refractivity contribution >= 4 is 33.6 Å². The lowest BCUT2D eigenvalue weighted by Crippen LogP contribution is -2.37. The van der Waals surface area contributed by atoms with Crippen LogP contribution in [0.25, 0.3) is 0 Å². The number of carbonyl (C=O) groups excluding carboxylic acids is 1. The Kier molecular flexibility index (Phi) is 5.16. The summed E-state index contributed by atoms with van der Waals surface area (Å²) < 4.78 is 0.639. The van der Waals surface area contributed by atoms with E-state index in [1.165, 1.54) is 12.1 Å². The Morgan fingerprint density at radius 2 is 1.95 bits per heavy atom. The molecule has 1 rings (SSSR count). The second-order valence-electron chi connectivity index (χ2n) is 5.85. The van der Waals surface area contributed by atoms with Crippen LogP contribution in [0.2, 0.25) is 0 Å². The number of anilines is 1. The van der Waals surface area contributed by atoms with Gasteiger partial charge in [0, 0.05) is 18.1 Å². The van der Waals surface area contributed by atoms with E-state index < -0.39 is 5.97 Å². The Labute approximate surface area is 127 Å². The van der Waals surface area contributed by atoms with Crippen LogP contribution in [-0.2, 0) is 0 Å². The van der Waals surface area contributed by atoms with Crippen LogP contribution >= 0.6 is 15.9 Å². The smallest absolute Gasteiger partial charge is 0.335 e. The van der Waals surface area contributed by atoms with Crippen molar-refractivity contribution < 1.29 is 14.7 Å². The maximum atomic E-state index is 12.1. The highest BCUT2D eigenvalue weighted by Gasteiger charge is 2.18. The lowest BCUT2D eigenvalue weighted by atomic mass is 9.96. The average molecular weight is 343 g/mol. The Morgan fingerprint density at radius 1 is 1.35 bits per heavy atom. The van der Waals surface area contributed by atoms with Gasteiger partial charge >= 0.3 is 12.0 Å². The SMILES string of the molecule is CN(CC(C)(C)C)C(=O)Nc1cc(C(=O)O)ccc1Br. The molecule has 0 aliphatic carbocycles. The van der Waals surface area contributed by atoms with Crippen molar-refractivity contribution in [2.24, 2.45) is 5.41 Å². The Balaban J connectivity index is 2.85. The number of carboxylic acids is 1. The minimum Gasteiger partial charge on any atom is -0.478 e. The number of nitrogens with zero attached hydrogens (tertiary/aromatic N) is 1. The van der Waals surface area contributed by atoms with Crippen molar-refractivity contribution in [1.82, 2.24) is 4.90 Å². The highest BCUT2D eigenvalue weighted by Crippen LogP contribution is 2.24. The van der Waals surface area contributed by atoms with Crippen molar-refractivity contribution in [3.63, 3.8) is 0 Å². The fraction of sp³-hybridized carbons (Fsp3) is 0.429. The van der Waals surface area contributed by atoms with E-state index in [0.29, 0.717) is 16.7 Å². The van der Waals surface area contributed by atoms with E-state index in [4.69, 9.17) is 5.11 Å². The summed E-state index contributed by atoms with van der Waals surface area (Å²) in [6.45, 7) is 6.71. The van der Waals surface area contributed by atoms with Crippen LogP contribution in [0.3, 0.4) is 0 Å². The maximum absolute atomic E-state index is 12.1. The first-order valence-corrected chi connectivity index (χ1v) is 6.94. The molecule has 0 heterocycles. The molecule has 2 N–H and O–H groups in total. The molecule has 0 aliphatic rings. The van der Waals surface area contributed by atoms with Gasteiger partial charge in [-0.2, -0.15) is 0 Å². The van der Waals surface area contributed by atoms with E-state index in [9.17, 15) is 9.59 Å². The van der Waals surface area contributed by atoms with Gasteiger partial charge in [-0.1, -0.05) is 20.8 Å². The first-order chi connectivity index (χ1) is 9.10. The molecule has 1 aromatic carbocycles. The van der Waals surface area contributed by atoms with Crippen molar-refractivity contribution in [3.8, 4) is 0 Å². The van der Waals surface area contributed by atoms with Crippen molar-refractivity contribution in [3.05, 3.63) is 28.2 Å². The van der Waals surface area contributed by atoms with Crippen LogP contribution in [-0.4, -0.2) is 35.6 Å². The zero-order valence-corrected chi connectivity index (χ0v) is 13.6. The molecule has 0 aliphatic heterocycles. The average Bonchev–Trinajstić information content (AvgIpc) is 2.29. The lowest BCUT2D eigenvalue weighted by molar-refractivity contribution is 0.0697. The number of rotatable bonds is 3. The molecule has 5 nitrogen and oxygen atoms in total. The molecule has 0 saturated heterocycles. The second-order valence-corrected chi connectivity index (χ2v) is 6.70. The van der Waals surface area contributed by atoms with Crippen LogP contribution in [0.5, 0.6) is 0 Å². The molecule has 0 radical (unpaired) electrons. The fourth-order valence-electron chi connectivity index (χ4n) is 1.75. The predicted octanol–water partition coefficient (Wildman–Crippen LogP) is 3.66. The van der Waals surface area contributed by atoms with E-state index in [0.717, 1.165) is 0 Å². The zero-order chi connectivity index (χ0) is 15.5. The van der Waals surface area contributed by atoms with Crippen molar-refractivity contribution in [2.45, 2.75) is 20.8 Å². The lowest BCUT2D eigenvalue weighted by Gasteiger charge is -2.26. The van der Waals surface area contributed by atoms with E-state index >= 15 is 0 Å². The summed E-state index contributed by atoms with van der Waals surface area (Å²) in [6.07, 6.45) is 0. The van der Waals surface area contributed by atoms with Gasteiger partial charge < -0.3 is 15.3 Å². The number of nitrogens with one attached hydrogen (secondary N) is 1. The number of benzene rings is 1. The van der Waals surface area contributed by atoms with Gasteiger partial charge in [0.2, 0.25) is 0 Å². The molecule has 0 unspecified atom stereocenters. The van der Waals surface area contributed by atoms with Crippen LogP contribution in [0, 0.1) is 5.41 Å². The first kappa shape index (κ1) is 16.5. The van der Waals surface area contributed by atoms with Gasteiger partial charge in [-0.3, -0.25) is 0 Å². The summed E-state index contributed by atoms with van der Waals surface area (Å²) in [5, 5.41) is 11.7. The number of urea groups is 1. The van der Waals surface area contributed by atoms with E-state index in [1.807, 2.05) is 20.8 Å². The Bertz CT molecular complexity index is 524. The summed E-state index contributed by atoms with van der Waals surface area (Å²) in [7, 11) is 1.70. The molecule has 1 aromatic rings. The normalized spacial score (nSPS) is 11.1. The second kappa shape index (κ2) is 6.26. The van der Waals surface area contributed by atoms with Crippen LogP contribution in [0.4, 0.5) is 10.5 Å². The summed E-state index contributed by atoms with van der Waals surface area (Å²) in [5.41, 5.74) is 0.560. The topological polar surface area (TPSA) is 69.6 Å². The number of hydrogen-bond acceptors (Lipinski definition) is 2. The molecule has 0 bridgehead atoms. The van der Waals surface area contributed by atoms with E-state index in [1.54, 1.807) is 18.0 Å². The third-order valence-electron chi connectivity index (χ3n) is 2.51. The first-order valence-electron chi connectivity index (χ1n) is 6.15. The highest BCUT2D eigenvalue weighted by molar-refractivity contribution is 9.10. The highest BCUT2D eigenvalue weighted by atomic mass is 79.9. The van der Waals surface area contributed by atoms with E-state index in [2.05, 4.69) is 21.2 Å². The number of hydrogen-bond donors (Lipinski definition) is 2. The molecule has 20 heavy (non-hydrogen) atoms. The predicted molar refractivity (Wildman–Crippen MR) is 82.2 cm³/mol.